The van der Waals surface area contributed by atoms with Crippen LogP contribution in [0.1, 0.15) is 17.8 Å². The van der Waals surface area contributed by atoms with E-state index in [9.17, 15) is 4.79 Å². The largest absolute Gasteiger partial charge is 0.378 e. The summed E-state index contributed by atoms with van der Waals surface area (Å²) in [7, 11) is 0. The summed E-state index contributed by atoms with van der Waals surface area (Å²) in [5.41, 5.74) is 1.63. The van der Waals surface area contributed by atoms with Crippen molar-refractivity contribution in [2.24, 2.45) is 0 Å². The van der Waals surface area contributed by atoms with E-state index in [1.807, 2.05) is 6.92 Å². The van der Waals surface area contributed by atoms with Crippen LogP contribution in [-0.2, 0) is 16.1 Å². The minimum absolute atomic E-state index is 0.000347. The lowest BCUT2D eigenvalue weighted by Crippen LogP contribution is -2.44. The number of amides is 1. The molecule has 1 aromatic heterocycles. The molecule has 1 unspecified atom stereocenters. The molecule has 1 saturated heterocycles. The molecule has 1 aromatic rings. The third-order valence-electron chi connectivity index (χ3n) is 2.73. The predicted octanol–water partition coefficient (Wildman–Crippen LogP) is -0.220. The van der Waals surface area contributed by atoms with Crippen LogP contribution in [0.3, 0.4) is 0 Å². The highest BCUT2D eigenvalue weighted by molar-refractivity contribution is 5.76. The lowest BCUT2D eigenvalue weighted by molar-refractivity contribution is -0.122. The molecule has 1 fully saturated rings. The van der Waals surface area contributed by atoms with Crippen LogP contribution in [0.15, 0.2) is 12.4 Å². The van der Waals surface area contributed by atoms with E-state index in [4.69, 9.17) is 4.74 Å². The highest BCUT2D eigenvalue weighted by Gasteiger charge is 2.16. The van der Waals surface area contributed by atoms with Crippen molar-refractivity contribution in [3.05, 3.63) is 23.8 Å². The fourth-order valence-electron chi connectivity index (χ4n) is 1.75. The second-order valence-electron chi connectivity index (χ2n) is 4.36. The molecule has 1 atom stereocenters. The predicted molar refractivity (Wildman–Crippen MR) is 65.8 cm³/mol. The molecule has 2 heterocycles. The van der Waals surface area contributed by atoms with Crippen LogP contribution < -0.4 is 10.6 Å². The number of hydrogen-bond acceptors (Lipinski definition) is 5. The van der Waals surface area contributed by atoms with Gasteiger partial charge in [0.05, 0.1) is 37.3 Å². The average Bonchev–Trinajstić information content (AvgIpc) is 2.39. The molecule has 2 N–H and O–H groups in total. The van der Waals surface area contributed by atoms with Gasteiger partial charge < -0.3 is 15.4 Å². The first-order valence-corrected chi connectivity index (χ1v) is 6.09. The molecule has 0 radical (unpaired) electrons. The van der Waals surface area contributed by atoms with Crippen molar-refractivity contribution in [1.29, 1.82) is 0 Å². The fourth-order valence-corrected chi connectivity index (χ4v) is 1.75. The van der Waals surface area contributed by atoms with E-state index in [2.05, 4.69) is 20.6 Å². The molecular weight excluding hydrogens is 232 g/mol. The number of nitrogens with zero attached hydrogens (tertiary/aromatic N) is 2. The van der Waals surface area contributed by atoms with Crippen LogP contribution >= 0.6 is 0 Å². The van der Waals surface area contributed by atoms with Gasteiger partial charge in [0.2, 0.25) is 5.91 Å². The molecule has 0 saturated carbocycles. The molecule has 0 aliphatic carbocycles. The highest BCUT2D eigenvalue weighted by atomic mass is 16.5. The minimum atomic E-state index is 0.000347. The topological polar surface area (TPSA) is 76.1 Å². The Hall–Kier alpha value is -1.53. The maximum Gasteiger partial charge on any atom is 0.221 e. The molecule has 1 aliphatic heterocycles. The van der Waals surface area contributed by atoms with Crippen LogP contribution in [0, 0.1) is 6.92 Å². The maximum atomic E-state index is 11.7. The van der Waals surface area contributed by atoms with Crippen LogP contribution in [0.2, 0.25) is 0 Å². The lowest BCUT2D eigenvalue weighted by Gasteiger charge is -2.23. The molecule has 2 rings (SSSR count). The molecule has 6 nitrogen and oxygen atoms in total. The van der Waals surface area contributed by atoms with E-state index in [0.29, 0.717) is 19.6 Å². The summed E-state index contributed by atoms with van der Waals surface area (Å²) in [6, 6.07) is 0.114. The Bertz CT molecular complexity index is 388. The normalized spacial score (nSPS) is 19.5. The summed E-state index contributed by atoms with van der Waals surface area (Å²) in [5, 5.41) is 6.07. The number of aryl methyl sites for hydroxylation is 1. The van der Waals surface area contributed by atoms with Crippen molar-refractivity contribution in [2.75, 3.05) is 19.8 Å². The second kappa shape index (κ2) is 6.42. The van der Waals surface area contributed by atoms with Crippen molar-refractivity contribution in [3.8, 4) is 0 Å². The van der Waals surface area contributed by atoms with Crippen LogP contribution in [0.25, 0.3) is 0 Å². The number of carbonyl (C=O) groups is 1. The van der Waals surface area contributed by atoms with Gasteiger partial charge in [0.1, 0.15) is 0 Å². The van der Waals surface area contributed by atoms with Crippen LogP contribution in [0.4, 0.5) is 0 Å². The van der Waals surface area contributed by atoms with Gasteiger partial charge in [-0.3, -0.25) is 14.8 Å². The van der Waals surface area contributed by atoms with Crippen molar-refractivity contribution in [2.45, 2.75) is 25.9 Å². The Labute approximate surface area is 106 Å². The first-order valence-electron chi connectivity index (χ1n) is 6.09. The smallest absolute Gasteiger partial charge is 0.221 e. The van der Waals surface area contributed by atoms with Gasteiger partial charge in [0, 0.05) is 25.2 Å². The van der Waals surface area contributed by atoms with Gasteiger partial charge in [-0.2, -0.15) is 0 Å². The molecular formula is C12H18N4O2. The maximum absolute atomic E-state index is 11.7. The first-order chi connectivity index (χ1) is 8.74. The van der Waals surface area contributed by atoms with Gasteiger partial charge in [-0.25, -0.2) is 0 Å². The monoisotopic (exact) mass is 250 g/mol. The Morgan fingerprint density at radius 3 is 3.11 bits per heavy atom. The van der Waals surface area contributed by atoms with Crippen molar-refractivity contribution >= 4 is 5.91 Å². The molecule has 98 valence electrons. The number of morpholine rings is 1. The third kappa shape index (κ3) is 4.05. The van der Waals surface area contributed by atoms with Gasteiger partial charge in [0.15, 0.2) is 0 Å². The minimum Gasteiger partial charge on any atom is -0.378 e. The van der Waals surface area contributed by atoms with Gasteiger partial charge in [-0.15, -0.1) is 0 Å². The van der Waals surface area contributed by atoms with E-state index < -0.39 is 0 Å². The molecule has 0 aromatic carbocycles. The summed E-state index contributed by atoms with van der Waals surface area (Å²) in [6.45, 7) is 4.42. The fraction of sp³-hybridized carbons (Fsp3) is 0.583. The number of ether oxygens (including phenoxy) is 1. The third-order valence-corrected chi connectivity index (χ3v) is 2.73. The van der Waals surface area contributed by atoms with E-state index in [0.717, 1.165) is 24.5 Å². The summed E-state index contributed by atoms with van der Waals surface area (Å²) >= 11 is 0. The average molecular weight is 250 g/mol. The zero-order valence-corrected chi connectivity index (χ0v) is 10.5. The van der Waals surface area contributed by atoms with E-state index in [1.165, 1.54) is 0 Å². The number of hydrogen-bond donors (Lipinski definition) is 2. The van der Waals surface area contributed by atoms with Gasteiger partial charge in [-0.05, 0) is 6.92 Å². The number of aromatic nitrogens is 2. The number of nitrogens with one attached hydrogen (secondary N) is 2. The Balaban J connectivity index is 1.72. The lowest BCUT2D eigenvalue weighted by atomic mass is 10.2. The second-order valence-corrected chi connectivity index (χ2v) is 4.36. The standard InChI is InChI=1S/C12H18N4O2/c1-9-5-15-11(6-14-9)7-16-12(17)4-10-8-18-3-2-13-10/h5-6,10,13H,2-4,7-8H2,1H3,(H,16,17). The Morgan fingerprint density at radius 2 is 2.44 bits per heavy atom. The summed E-state index contributed by atoms with van der Waals surface area (Å²) in [5.74, 6) is 0.000347. The van der Waals surface area contributed by atoms with Crippen molar-refractivity contribution < 1.29 is 9.53 Å². The molecule has 6 heteroatoms. The zero-order valence-electron chi connectivity index (χ0n) is 10.5. The van der Waals surface area contributed by atoms with E-state index in [1.54, 1.807) is 12.4 Å². The molecule has 18 heavy (non-hydrogen) atoms. The Kier molecular flexibility index (Phi) is 4.60. The quantitative estimate of drug-likeness (QED) is 0.772. The summed E-state index contributed by atoms with van der Waals surface area (Å²) < 4.78 is 5.29. The summed E-state index contributed by atoms with van der Waals surface area (Å²) in [4.78, 5) is 20.0. The highest BCUT2D eigenvalue weighted by Crippen LogP contribution is 1.99. The Morgan fingerprint density at radius 1 is 1.56 bits per heavy atom. The van der Waals surface area contributed by atoms with Gasteiger partial charge >= 0.3 is 0 Å². The van der Waals surface area contributed by atoms with Gasteiger partial charge in [0.25, 0.3) is 0 Å². The van der Waals surface area contributed by atoms with E-state index >= 15 is 0 Å². The zero-order chi connectivity index (χ0) is 12.8. The molecule has 1 amide bonds. The number of carbonyl (C=O) groups excluding carboxylic acids is 1. The first kappa shape index (κ1) is 12.9. The summed E-state index contributed by atoms with van der Waals surface area (Å²) in [6.07, 6.45) is 3.80. The molecule has 0 spiro atoms. The molecule has 1 aliphatic rings. The molecule has 0 bridgehead atoms. The van der Waals surface area contributed by atoms with Crippen molar-refractivity contribution in [1.82, 2.24) is 20.6 Å². The SMILES string of the molecule is Cc1cnc(CNC(=O)CC2COCCN2)cn1. The van der Waals surface area contributed by atoms with Crippen molar-refractivity contribution in [3.63, 3.8) is 0 Å². The van der Waals surface area contributed by atoms with Crippen LogP contribution in [0.5, 0.6) is 0 Å². The van der Waals surface area contributed by atoms with Crippen LogP contribution in [-0.4, -0.2) is 41.7 Å². The van der Waals surface area contributed by atoms with E-state index in [-0.39, 0.29) is 11.9 Å². The van der Waals surface area contributed by atoms with Gasteiger partial charge in [-0.1, -0.05) is 0 Å². The number of rotatable bonds is 4.